The molecule has 0 aliphatic heterocycles. The Hall–Kier alpha value is -1.43. The zero-order valence-electron chi connectivity index (χ0n) is 13.3. The zero-order chi connectivity index (χ0) is 15.9. The van der Waals surface area contributed by atoms with E-state index in [1.165, 1.54) is 11.1 Å². The van der Waals surface area contributed by atoms with Crippen LogP contribution in [0, 0.1) is 10.5 Å². The highest BCUT2D eigenvalue weighted by Crippen LogP contribution is 2.34. The first-order valence-electron chi connectivity index (χ1n) is 7.53. The van der Waals surface area contributed by atoms with Gasteiger partial charge in [-0.25, -0.2) is 0 Å². The topological polar surface area (TPSA) is 30.5 Å². The second-order valence-electron chi connectivity index (χ2n) is 4.94. The number of ether oxygens (including phenoxy) is 2. The van der Waals surface area contributed by atoms with Crippen molar-refractivity contribution in [3.63, 3.8) is 0 Å². The van der Waals surface area contributed by atoms with Crippen LogP contribution in [0.2, 0.25) is 0 Å². The van der Waals surface area contributed by atoms with E-state index < -0.39 is 0 Å². The van der Waals surface area contributed by atoms with Gasteiger partial charge in [-0.3, -0.25) is 0 Å². The number of aryl methyl sites for hydroxylation is 1. The summed E-state index contributed by atoms with van der Waals surface area (Å²) in [5, 5.41) is 3.48. The van der Waals surface area contributed by atoms with E-state index in [0.29, 0.717) is 13.2 Å². The van der Waals surface area contributed by atoms with Gasteiger partial charge in [0, 0.05) is 12.2 Å². The molecule has 0 saturated carbocycles. The molecule has 0 aliphatic carbocycles. The largest absolute Gasteiger partial charge is 0.490 e. The Bertz CT molecular complexity index is 628. The molecular formula is C18H22INO2. The number of benzene rings is 2. The number of para-hydroxylation sites is 1. The van der Waals surface area contributed by atoms with Gasteiger partial charge in [0.1, 0.15) is 0 Å². The van der Waals surface area contributed by atoms with Crippen molar-refractivity contribution in [1.29, 1.82) is 0 Å². The van der Waals surface area contributed by atoms with E-state index in [2.05, 4.69) is 59.1 Å². The molecule has 0 amide bonds. The Morgan fingerprint density at radius 2 is 1.77 bits per heavy atom. The van der Waals surface area contributed by atoms with Crippen LogP contribution in [0.5, 0.6) is 11.5 Å². The molecule has 2 rings (SSSR count). The molecule has 0 aromatic heterocycles. The fourth-order valence-corrected chi connectivity index (χ4v) is 3.06. The second kappa shape index (κ2) is 8.27. The van der Waals surface area contributed by atoms with Crippen molar-refractivity contribution in [2.45, 2.75) is 27.3 Å². The molecule has 2 aromatic rings. The quantitative estimate of drug-likeness (QED) is 0.650. The predicted octanol–water partition coefficient (Wildman–Crippen LogP) is 5.01. The van der Waals surface area contributed by atoms with Crippen molar-refractivity contribution in [3.8, 4) is 11.5 Å². The highest BCUT2D eigenvalue weighted by molar-refractivity contribution is 14.1. The molecular weight excluding hydrogens is 389 g/mol. The fraction of sp³-hybridized carbons (Fsp3) is 0.333. The molecule has 0 aliphatic rings. The molecule has 3 nitrogen and oxygen atoms in total. The summed E-state index contributed by atoms with van der Waals surface area (Å²) in [4.78, 5) is 0. The van der Waals surface area contributed by atoms with Gasteiger partial charge >= 0.3 is 0 Å². The Kier molecular flexibility index (Phi) is 6.36. The van der Waals surface area contributed by atoms with Gasteiger partial charge in [-0.05, 0) is 72.7 Å². The van der Waals surface area contributed by atoms with Crippen LogP contribution in [0.3, 0.4) is 0 Å². The van der Waals surface area contributed by atoms with E-state index in [-0.39, 0.29) is 0 Å². The van der Waals surface area contributed by atoms with Crippen LogP contribution in [0.4, 0.5) is 5.69 Å². The third-order valence-electron chi connectivity index (χ3n) is 3.29. The molecule has 0 heterocycles. The first kappa shape index (κ1) is 16.9. The minimum atomic E-state index is 0.630. The minimum absolute atomic E-state index is 0.630. The fourth-order valence-electron chi connectivity index (χ4n) is 2.24. The second-order valence-corrected chi connectivity index (χ2v) is 6.10. The number of hydrogen-bond acceptors (Lipinski definition) is 3. The highest BCUT2D eigenvalue weighted by Gasteiger charge is 2.11. The van der Waals surface area contributed by atoms with Crippen molar-refractivity contribution in [2.75, 3.05) is 18.5 Å². The molecule has 0 fully saturated rings. The number of hydrogen-bond donors (Lipinski definition) is 1. The highest BCUT2D eigenvalue weighted by atomic mass is 127. The van der Waals surface area contributed by atoms with Crippen LogP contribution < -0.4 is 14.8 Å². The predicted molar refractivity (Wildman–Crippen MR) is 100 cm³/mol. The smallest absolute Gasteiger partial charge is 0.174 e. The summed E-state index contributed by atoms with van der Waals surface area (Å²) in [6.45, 7) is 8.10. The minimum Gasteiger partial charge on any atom is -0.490 e. The SMILES string of the molecule is CCOc1cc(CNc2ccccc2C)cc(I)c1OCC. The molecule has 2 aromatic carbocycles. The molecule has 0 spiro atoms. The summed E-state index contributed by atoms with van der Waals surface area (Å²) in [5.41, 5.74) is 3.58. The number of anilines is 1. The molecule has 0 radical (unpaired) electrons. The van der Waals surface area contributed by atoms with Crippen molar-refractivity contribution in [2.24, 2.45) is 0 Å². The van der Waals surface area contributed by atoms with Crippen LogP contribution >= 0.6 is 22.6 Å². The average Bonchev–Trinajstić information content (AvgIpc) is 2.50. The van der Waals surface area contributed by atoms with E-state index in [1.54, 1.807) is 0 Å². The standard InChI is InChI=1S/C18H22INO2/c1-4-21-17-11-14(10-15(19)18(17)22-5-2)12-20-16-9-7-6-8-13(16)3/h6-11,20H,4-5,12H2,1-3H3. The van der Waals surface area contributed by atoms with Crippen LogP contribution in [0.1, 0.15) is 25.0 Å². The number of halogens is 1. The zero-order valence-corrected chi connectivity index (χ0v) is 15.4. The normalized spacial score (nSPS) is 10.4. The average molecular weight is 411 g/mol. The molecule has 1 N–H and O–H groups in total. The first-order chi connectivity index (χ1) is 10.7. The summed E-state index contributed by atoms with van der Waals surface area (Å²) < 4.78 is 12.5. The van der Waals surface area contributed by atoms with E-state index in [1.807, 2.05) is 26.0 Å². The number of rotatable bonds is 7. The number of nitrogens with one attached hydrogen (secondary N) is 1. The third-order valence-corrected chi connectivity index (χ3v) is 4.09. The van der Waals surface area contributed by atoms with Crippen LogP contribution in [0.25, 0.3) is 0 Å². The molecule has 22 heavy (non-hydrogen) atoms. The van der Waals surface area contributed by atoms with E-state index in [0.717, 1.165) is 27.3 Å². The summed E-state index contributed by atoms with van der Waals surface area (Å²) in [7, 11) is 0. The van der Waals surface area contributed by atoms with E-state index in [9.17, 15) is 0 Å². The molecule has 0 saturated heterocycles. The van der Waals surface area contributed by atoms with Crippen LogP contribution in [0.15, 0.2) is 36.4 Å². The van der Waals surface area contributed by atoms with Gasteiger partial charge in [-0.15, -0.1) is 0 Å². The molecule has 0 bridgehead atoms. The van der Waals surface area contributed by atoms with Crippen molar-refractivity contribution in [1.82, 2.24) is 0 Å². The Morgan fingerprint density at radius 3 is 2.45 bits per heavy atom. The van der Waals surface area contributed by atoms with Gasteiger partial charge < -0.3 is 14.8 Å². The van der Waals surface area contributed by atoms with Crippen molar-refractivity contribution >= 4 is 28.3 Å². The van der Waals surface area contributed by atoms with Crippen LogP contribution in [-0.2, 0) is 6.54 Å². The van der Waals surface area contributed by atoms with Gasteiger partial charge in [0.05, 0.1) is 16.8 Å². The molecule has 0 atom stereocenters. The van der Waals surface area contributed by atoms with Gasteiger partial charge in [0.2, 0.25) is 0 Å². The van der Waals surface area contributed by atoms with Gasteiger partial charge in [0.15, 0.2) is 11.5 Å². The third kappa shape index (κ3) is 4.29. The molecule has 4 heteroatoms. The molecule has 0 unspecified atom stereocenters. The van der Waals surface area contributed by atoms with Crippen LogP contribution in [-0.4, -0.2) is 13.2 Å². The lowest BCUT2D eigenvalue weighted by Crippen LogP contribution is -2.05. The monoisotopic (exact) mass is 411 g/mol. The first-order valence-corrected chi connectivity index (χ1v) is 8.61. The van der Waals surface area contributed by atoms with E-state index >= 15 is 0 Å². The lowest BCUT2D eigenvalue weighted by Gasteiger charge is -2.15. The maximum Gasteiger partial charge on any atom is 0.174 e. The lowest BCUT2D eigenvalue weighted by atomic mass is 10.1. The van der Waals surface area contributed by atoms with Gasteiger partial charge in [0.25, 0.3) is 0 Å². The van der Waals surface area contributed by atoms with Crippen molar-refractivity contribution < 1.29 is 9.47 Å². The van der Waals surface area contributed by atoms with Crippen molar-refractivity contribution in [3.05, 3.63) is 51.1 Å². The van der Waals surface area contributed by atoms with E-state index in [4.69, 9.17) is 9.47 Å². The maximum absolute atomic E-state index is 5.73. The summed E-state index contributed by atoms with van der Waals surface area (Å²) in [5.74, 6) is 1.66. The summed E-state index contributed by atoms with van der Waals surface area (Å²) in [6.07, 6.45) is 0. The maximum atomic E-state index is 5.73. The summed E-state index contributed by atoms with van der Waals surface area (Å²) in [6, 6.07) is 12.5. The Morgan fingerprint density at radius 1 is 1.05 bits per heavy atom. The summed E-state index contributed by atoms with van der Waals surface area (Å²) >= 11 is 2.30. The lowest BCUT2D eigenvalue weighted by molar-refractivity contribution is 0.286. The van der Waals surface area contributed by atoms with Gasteiger partial charge in [-0.1, -0.05) is 18.2 Å². The van der Waals surface area contributed by atoms with Gasteiger partial charge in [-0.2, -0.15) is 0 Å². The Balaban J connectivity index is 2.19. The Labute approximate surface area is 146 Å². The molecule has 118 valence electrons.